The van der Waals surface area contributed by atoms with Gasteiger partial charge in [-0.2, -0.15) is 0 Å². The van der Waals surface area contributed by atoms with Gasteiger partial charge in [-0.05, 0) is 26.1 Å². The van der Waals surface area contributed by atoms with Gasteiger partial charge in [-0.15, -0.1) is 0 Å². The lowest BCUT2D eigenvalue weighted by molar-refractivity contribution is -0.118. The van der Waals surface area contributed by atoms with Crippen LogP contribution in [0.5, 0.6) is 0 Å². The fourth-order valence-electron chi connectivity index (χ4n) is 2.80. The van der Waals surface area contributed by atoms with Crippen LogP contribution in [0.25, 0.3) is 0 Å². The molecule has 30 heavy (non-hydrogen) atoms. The van der Waals surface area contributed by atoms with E-state index in [1.165, 1.54) is 17.3 Å². The van der Waals surface area contributed by atoms with Gasteiger partial charge in [0.1, 0.15) is 11.0 Å². The minimum absolute atomic E-state index is 0.00465. The Balaban J connectivity index is 2.05. The molecule has 0 saturated carbocycles. The first kappa shape index (κ1) is 24.4. The van der Waals surface area contributed by atoms with Gasteiger partial charge in [0, 0.05) is 32.2 Å². The van der Waals surface area contributed by atoms with Crippen molar-refractivity contribution < 1.29 is 4.79 Å². The highest BCUT2D eigenvalue weighted by Crippen LogP contribution is 2.23. The van der Waals surface area contributed by atoms with E-state index in [0.29, 0.717) is 16.9 Å². The number of anilines is 1. The highest BCUT2D eigenvalue weighted by atomic mass is 35.5. The number of nitrogens with zero attached hydrogens (tertiary/aromatic N) is 4. The average molecular weight is 450 g/mol. The predicted molar refractivity (Wildman–Crippen MR) is 126 cm³/mol. The van der Waals surface area contributed by atoms with Crippen LogP contribution < -0.4 is 10.2 Å². The molecule has 0 aliphatic heterocycles. The van der Waals surface area contributed by atoms with E-state index in [2.05, 4.69) is 44.1 Å². The van der Waals surface area contributed by atoms with E-state index in [0.717, 1.165) is 44.7 Å². The zero-order valence-corrected chi connectivity index (χ0v) is 19.7. The van der Waals surface area contributed by atoms with Crippen molar-refractivity contribution in [2.24, 2.45) is 0 Å². The number of amides is 1. The van der Waals surface area contributed by atoms with Gasteiger partial charge in [-0.3, -0.25) is 4.79 Å². The fourth-order valence-corrected chi connectivity index (χ4v) is 3.71. The molecule has 2 rings (SSSR count). The SMILES string of the molecule is CCCCCNC(=O)CSc1nc(Cl)cc(N(CCN(C)C)Cc2ccccc2)n1. The van der Waals surface area contributed by atoms with Crippen molar-refractivity contribution >= 4 is 35.1 Å². The van der Waals surface area contributed by atoms with Crippen LogP contribution in [0.3, 0.4) is 0 Å². The topological polar surface area (TPSA) is 61.4 Å². The summed E-state index contributed by atoms with van der Waals surface area (Å²) in [6.45, 7) is 5.27. The maximum atomic E-state index is 12.1. The van der Waals surface area contributed by atoms with Crippen LogP contribution in [0.4, 0.5) is 5.82 Å². The predicted octanol–water partition coefficient (Wildman–Crippen LogP) is 4.10. The molecular weight excluding hydrogens is 418 g/mol. The van der Waals surface area contributed by atoms with Crippen molar-refractivity contribution in [2.75, 3.05) is 44.4 Å². The quantitative estimate of drug-likeness (QED) is 0.215. The van der Waals surface area contributed by atoms with Gasteiger partial charge < -0.3 is 15.1 Å². The van der Waals surface area contributed by atoms with Gasteiger partial charge in [0.2, 0.25) is 5.91 Å². The molecule has 0 fully saturated rings. The van der Waals surface area contributed by atoms with Crippen LogP contribution in [0.15, 0.2) is 41.6 Å². The monoisotopic (exact) mass is 449 g/mol. The summed E-state index contributed by atoms with van der Waals surface area (Å²) in [6, 6.07) is 12.1. The number of unbranched alkanes of at least 4 members (excludes halogenated alkanes) is 2. The first-order valence-corrected chi connectivity index (χ1v) is 11.7. The lowest BCUT2D eigenvalue weighted by atomic mass is 10.2. The Bertz CT molecular complexity index is 775. The third-order valence-electron chi connectivity index (χ3n) is 4.45. The summed E-state index contributed by atoms with van der Waals surface area (Å²) in [5.74, 6) is 1.05. The second-order valence-electron chi connectivity index (χ2n) is 7.39. The molecule has 0 unspecified atom stereocenters. The number of hydrogen-bond donors (Lipinski definition) is 1. The van der Waals surface area contributed by atoms with Crippen molar-refractivity contribution in [3.63, 3.8) is 0 Å². The van der Waals surface area contributed by atoms with E-state index < -0.39 is 0 Å². The lowest BCUT2D eigenvalue weighted by Gasteiger charge is -2.26. The first-order valence-electron chi connectivity index (χ1n) is 10.4. The second kappa shape index (κ2) is 13.5. The Morgan fingerprint density at radius 2 is 1.90 bits per heavy atom. The molecule has 2 aromatic rings. The molecule has 0 radical (unpaired) electrons. The first-order chi connectivity index (χ1) is 14.5. The van der Waals surface area contributed by atoms with Crippen molar-refractivity contribution in [3.05, 3.63) is 47.1 Å². The molecule has 6 nitrogen and oxygen atoms in total. The molecule has 0 aliphatic rings. The minimum atomic E-state index is -0.00465. The largest absolute Gasteiger partial charge is 0.355 e. The molecule has 1 aromatic heterocycles. The molecule has 0 atom stereocenters. The van der Waals surface area contributed by atoms with E-state index in [1.54, 1.807) is 6.07 Å². The van der Waals surface area contributed by atoms with E-state index >= 15 is 0 Å². The summed E-state index contributed by atoms with van der Waals surface area (Å²) in [6.07, 6.45) is 3.26. The number of carbonyl (C=O) groups excluding carboxylic acids is 1. The van der Waals surface area contributed by atoms with E-state index in [9.17, 15) is 4.79 Å². The third-order valence-corrected chi connectivity index (χ3v) is 5.49. The van der Waals surface area contributed by atoms with Crippen molar-refractivity contribution in [1.29, 1.82) is 0 Å². The van der Waals surface area contributed by atoms with E-state index in [-0.39, 0.29) is 11.7 Å². The minimum Gasteiger partial charge on any atom is -0.355 e. The number of thioether (sulfide) groups is 1. The van der Waals surface area contributed by atoms with Crippen LogP contribution >= 0.6 is 23.4 Å². The highest BCUT2D eigenvalue weighted by molar-refractivity contribution is 7.99. The fraction of sp³-hybridized carbons (Fsp3) is 0.500. The molecule has 8 heteroatoms. The number of hydrogen-bond acceptors (Lipinski definition) is 6. The molecule has 0 spiro atoms. The molecule has 1 N–H and O–H groups in total. The lowest BCUT2D eigenvalue weighted by Crippen LogP contribution is -2.32. The Kier molecular flexibility index (Phi) is 11.0. The molecular formula is C22H32ClN5OS. The van der Waals surface area contributed by atoms with Crippen LogP contribution in [-0.4, -0.2) is 60.3 Å². The molecule has 1 heterocycles. The molecule has 0 bridgehead atoms. The second-order valence-corrected chi connectivity index (χ2v) is 8.72. The Morgan fingerprint density at radius 1 is 1.13 bits per heavy atom. The summed E-state index contributed by atoms with van der Waals surface area (Å²) in [5.41, 5.74) is 1.20. The molecule has 1 amide bonds. The van der Waals surface area contributed by atoms with Gasteiger partial charge >= 0.3 is 0 Å². The Morgan fingerprint density at radius 3 is 2.60 bits per heavy atom. The van der Waals surface area contributed by atoms with Crippen LogP contribution in [0, 0.1) is 0 Å². The number of likely N-dealkylation sites (N-methyl/N-ethyl adjacent to an activating group) is 1. The number of benzene rings is 1. The zero-order chi connectivity index (χ0) is 21.8. The van der Waals surface area contributed by atoms with Gasteiger partial charge in [0.25, 0.3) is 0 Å². The summed E-state index contributed by atoms with van der Waals surface area (Å²) in [4.78, 5) is 25.4. The van der Waals surface area contributed by atoms with Gasteiger partial charge in [-0.1, -0.05) is 73.5 Å². The maximum Gasteiger partial charge on any atom is 0.230 e. The van der Waals surface area contributed by atoms with Crippen LogP contribution in [0.1, 0.15) is 31.7 Å². The smallest absolute Gasteiger partial charge is 0.230 e. The van der Waals surface area contributed by atoms with Gasteiger partial charge in [0.15, 0.2) is 5.16 Å². The summed E-state index contributed by atoms with van der Waals surface area (Å²) >= 11 is 7.60. The van der Waals surface area contributed by atoms with Crippen molar-refractivity contribution in [1.82, 2.24) is 20.2 Å². The zero-order valence-electron chi connectivity index (χ0n) is 18.1. The average Bonchev–Trinajstić information content (AvgIpc) is 2.73. The molecule has 0 saturated heterocycles. The van der Waals surface area contributed by atoms with Gasteiger partial charge in [0.05, 0.1) is 5.75 Å². The third kappa shape index (κ3) is 9.32. The molecule has 0 aliphatic carbocycles. The van der Waals surface area contributed by atoms with Crippen molar-refractivity contribution in [3.8, 4) is 0 Å². The number of nitrogens with one attached hydrogen (secondary N) is 1. The molecule has 1 aromatic carbocycles. The Hall–Kier alpha value is -1.83. The number of rotatable bonds is 13. The van der Waals surface area contributed by atoms with E-state index in [4.69, 9.17) is 11.6 Å². The van der Waals surface area contributed by atoms with Gasteiger partial charge in [-0.25, -0.2) is 9.97 Å². The summed E-state index contributed by atoms with van der Waals surface area (Å²) in [5, 5.41) is 3.84. The van der Waals surface area contributed by atoms with Crippen molar-refractivity contribution in [2.45, 2.75) is 37.9 Å². The summed E-state index contributed by atoms with van der Waals surface area (Å²) in [7, 11) is 4.10. The maximum absolute atomic E-state index is 12.1. The van der Waals surface area contributed by atoms with E-state index in [1.807, 2.05) is 32.3 Å². The Labute approximate surface area is 189 Å². The normalized spacial score (nSPS) is 11.0. The van der Waals surface area contributed by atoms with Crippen LogP contribution in [0.2, 0.25) is 5.15 Å². The van der Waals surface area contributed by atoms with Crippen LogP contribution in [-0.2, 0) is 11.3 Å². The summed E-state index contributed by atoms with van der Waals surface area (Å²) < 4.78 is 0. The number of halogens is 1. The number of aromatic nitrogens is 2. The molecule has 164 valence electrons. The number of carbonyl (C=O) groups is 1. The highest BCUT2D eigenvalue weighted by Gasteiger charge is 2.14. The standard InChI is InChI=1S/C22H32ClN5OS/c1-4-5-9-12-24-21(29)17-30-22-25-19(23)15-20(26-22)28(14-13-27(2)3)16-18-10-7-6-8-11-18/h6-8,10-11,15H,4-5,9,12-14,16-17H2,1-3H3,(H,24,29).